The van der Waals surface area contributed by atoms with E-state index in [4.69, 9.17) is 28.8 Å². The number of nitrogens with zero attached hydrogens (tertiary/aromatic N) is 1. The third kappa shape index (κ3) is 10.5. The molecular formula is C34H51Cl2NO9. The molecule has 1 aliphatic rings. The maximum atomic E-state index is 12.0. The number of carbonyl (C=O) groups excluding carboxylic acids is 1. The summed E-state index contributed by atoms with van der Waals surface area (Å²) in [6.45, 7) is 1.68. The molecule has 2 aromatic carbocycles. The fourth-order valence-corrected chi connectivity index (χ4v) is 6.50. The molecule has 0 aliphatic carbocycles. The number of carboxylic acid groups (broad SMARTS) is 2. The van der Waals surface area contributed by atoms with Gasteiger partial charge >= 0.3 is 5.97 Å². The zero-order valence-corrected chi connectivity index (χ0v) is 29.6. The minimum atomic E-state index is -1.01. The molecule has 10 nitrogen and oxygen atoms in total. The van der Waals surface area contributed by atoms with Gasteiger partial charge in [0.15, 0.2) is 23.0 Å². The molecule has 1 N–H and O–H groups in total. The number of unbranched alkanes of at least 4 members (excludes halogenated alkanes) is 3. The van der Waals surface area contributed by atoms with Crippen LogP contribution in [0.1, 0.15) is 74.1 Å². The number of hydrogen-bond acceptors (Lipinski definition) is 8. The Morgan fingerprint density at radius 1 is 0.826 bits per heavy atom. The first-order valence-corrected chi connectivity index (χ1v) is 15.4. The van der Waals surface area contributed by atoms with Gasteiger partial charge in [0, 0.05) is 30.8 Å². The average molecular weight is 689 g/mol. The molecule has 46 heavy (non-hydrogen) atoms. The Balaban J connectivity index is 0.00000529. The highest BCUT2D eigenvalue weighted by Crippen LogP contribution is 2.45. The monoisotopic (exact) mass is 687 g/mol. The molecular weight excluding hydrogens is 637 g/mol. The standard InChI is InChI=1S/C34H49NO9.2ClH/c1-35(16-11-13-24(34(38)39)12-9-7-8-10-14-32(36)37)17-15-25-21-28(40-2)29(41-3)22-26(25)27(35)18-23-19-30(42-4)33(44-6)31(20-23)43-5;;/h19-22,24,27H,7-18H2,1-6H3,(H-,36,37,38,39);2*1H/t24?,27-,35+;;/m1../s1. The van der Waals surface area contributed by atoms with Crippen LogP contribution < -0.4 is 28.8 Å². The van der Waals surface area contributed by atoms with Crippen LogP contribution in [0.25, 0.3) is 0 Å². The number of ether oxygens (including phenoxy) is 5. The summed E-state index contributed by atoms with van der Waals surface area (Å²) >= 11 is 0. The van der Waals surface area contributed by atoms with Crippen LogP contribution in [0.5, 0.6) is 28.7 Å². The van der Waals surface area contributed by atoms with Crippen molar-refractivity contribution in [3.8, 4) is 28.7 Å². The van der Waals surface area contributed by atoms with Crippen LogP contribution in [0.4, 0.5) is 0 Å². The normalized spacial score (nSPS) is 17.4. The molecule has 0 amide bonds. The summed E-state index contributed by atoms with van der Waals surface area (Å²) in [7, 11) is 10.3. The Kier molecular flexibility index (Phi) is 17.4. The fourth-order valence-electron chi connectivity index (χ4n) is 6.50. The Bertz CT molecular complexity index is 1250. The van der Waals surface area contributed by atoms with Gasteiger partial charge in [-0.25, -0.2) is 0 Å². The minimum Gasteiger partial charge on any atom is -0.550 e. The van der Waals surface area contributed by atoms with Gasteiger partial charge in [0.1, 0.15) is 6.04 Å². The second-order valence-electron chi connectivity index (χ2n) is 11.8. The minimum absolute atomic E-state index is 0. The predicted molar refractivity (Wildman–Crippen MR) is 179 cm³/mol. The van der Waals surface area contributed by atoms with Crippen LogP contribution in [0, 0.1) is 5.92 Å². The second-order valence-corrected chi connectivity index (χ2v) is 11.8. The summed E-state index contributed by atoms with van der Waals surface area (Å²) < 4.78 is 28.9. The molecule has 3 atom stereocenters. The van der Waals surface area contributed by atoms with Crippen molar-refractivity contribution in [1.29, 1.82) is 0 Å². The summed E-state index contributed by atoms with van der Waals surface area (Å²) in [5.74, 6) is 0.795. The average Bonchev–Trinajstić information content (AvgIpc) is 3.01. The van der Waals surface area contributed by atoms with Crippen molar-refractivity contribution in [2.75, 3.05) is 55.7 Å². The van der Waals surface area contributed by atoms with Crippen molar-refractivity contribution in [2.24, 2.45) is 5.92 Å². The van der Waals surface area contributed by atoms with Crippen LogP contribution in [0.2, 0.25) is 0 Å². The lowest BCUT2D eigenvalue weighted by Crippen LogP contribution is -2.52. The van der Waals surface area contributed by atoms with Crippen LogP contribution >= 0.6 is 24.8 Å². The SMILES string of the molecule is COc1cc2c(cc1OC)[C@@H](Cc1cc(OC)c(OC)c(OC)c1)[N@@+](C)(CCCC(CCCCCCC(=O)O)C(=O)[O-])CC2.Cl.Cl. The number of carboxylic acids is 2. The quantitative estimate of drug-likeness (QED) is 0.152. The van der Waals surface area contributed by atoms with Crippen LogP contribution in [0.15, 0.2) is 24.3 Å². The van der Waals surface area contributed by atoms with E-state index in [1.54, 1.807) is 35.5 Å². The van der Waals surface area contributed by atoms with E-state index in [-0.39, 0.29) is 37.3 Å². The van der Waals surface area contributed by atoms with Crippen molar-refractivity contribution in [3.05, 3.63) is 41.0 Å². The Morgan fingerprint density at radius 3 is 1.93 bits per heavy atom. The first kappa shape index (κ1) is 40.9. The number of quaternary nitrogens is 1. The molecule has 0 saturated heterocycles. The number of hydrogen-bond donors (Lipinski definition) is 1. The third-order valence-corrected chi connectivity index (χ3v) is 9.05. The molecule has 12 heteroatoms. The maximum absolute atomic E-state index is 12.0. The van der Waals surface area contributed by atoms with E-state index in [0.717, 1.165) is 55.2 Å². The van der Waals surface area contributed by atoms with Crippen molar-refractivity contribution >= 4 is 36.8 Å². The van der Waals surface area contributed by atoms with Gasteiger partial charge < -0.3 is 43.2 Å². The first-order valence-electron chi connectivity index (χ1n) is 15.4. The lowest BCUT2D eigenvalue weighted by molar-refractivity contribution is -0.941. The zero-order chi connectivity index (χ0) is 32.3. The van der Waals surface area contributed by atoms with E-state index in [9.17, 15) is 14.7 Å². The number of fused-ring (bicyclic) bond motifs is 1. The van der Waals surface area contributed by atoms with Gasteiger partial charge in [0.25, 0.3) is 0 Å². The van der Waals surface area contributed by atoms with Gasteiger partial charge in [-0.15, -0.1) is 24.8 Å². The largest absolute Gasteiger partial charge is 0.550 e. The molecule has 2 aromatic rings. The smallest absolute Gasteiger partial charge is 0.303 e. The van der Waals surface area contributed by atoms with E-state index in [1.165, 1.54) is 11.1 Å². The molecule has 1 aliphatic heterocycles. The fraction of sp³-hybridized carbons (Fsp3) is 0.588. The van der Waals surface area contributed by atoms with E-state index >= 15 is 0 Å². The Morgan fingerprint density at radius 2 is 1.39 bits per heavy atom. The van der Waals surface area contributed by atoms with E-state index in [0.29, 0.717) is 54.4 Å². The summed E-state index contributed by atoms with van der Waals surface area (Å²) in [4.78, 5) is 22.7. The van der Waals surface area contributed by atoms with E-state index in [2.05, 4.69) is 19.2 Å². The van der Waals surface area contributed by atoms with Crippen molar-refractivity contribution < 1.29 is 48.0 Å². The van der Waals surface area contributed by atoms with E-state index in [1.807, 2.05) is 12.1 Å². The summed E-state index contributed by atoms with van der Waals surface area (Å²) in [6.07, 6.45) is 6.52. The molecule has 260 valence electrons. The highest BCUT2D eigenvalue weighted by atomic mass is 35.5. The molecule has 0 radical (unpaired) electrons. The Hall–Kier alpha value is -3.08. The topological polar surface area (TPSA) is 124 Å². The first-order chi connectivity index (χ1) is 21.1. The number of halogens is 2. The summed E-state index contributed by atoms with van der Waals surface area (Å²) in [5, 5.41) is 20.8. The molecule has 1 heterocycles. The molecule has 3 rings (SSSR count). The molecule has 0 saturated carbocycles. The van der Waals surface area contributed by atoms with Gasteiger partial charge in [-0.3, -0.25) is 4.79 Å². The Labute approximate surface area is 285 Å². The molecule has 0 spiro atoms. The summed E-state index contributed by atoms with van der Waals surface area (Å²) in [6, 6.07) is 8.19. The lowest BCUT2D eigenvalue weighted by Gasteiger charge is -2.46. The number of likely N-dealkylation sites (N-methyl/N-ethyl adjacent to an activating group) is 1. The predicted octanol–water partition coefficient (Wildman–Crippen LogP) is 5.43. The molecule has 0 bridgehead atoms. The lowest BCUT2D eigenvalue weighted by atomic mass is 9.85. The van der Waals surface area contributed by atoms with Gasteiger partial charge in [-0.05, 0) is 67.0 Å². The third-order valence-electron chi connectivity index (χ3n) is 9.05. The number of methoxy groups -OCH3 is 5. The van der Waals surface area contributed by atoms with Gasteiger partial charge in [0.05, 0.1) is 55.7 Å². The number of rotatable bonds is 19. The second kappa shape index (κ2) is 19.6. The van der Waals surface area contributed by atoms with Crippen LogP contribution in [-0.2, 0) is 22.4 Å². The van der Waals surface area contributed by atoms with Gasteiger partial charge in [-0.2, -0.15) is 0 Å². The molecule has 0 fully saturated rings. The van der Waals surface area contributed by atoms with Crippen molar-refractivity contribution in [2.45, 2.75) is 70.3 Å². The van der Waals surface area contributed by atoms with E-state index < -0.39 is 17.9 Å². The van der Waals surface area contributed by atoms with Crippen molar-refractivity contribution in [3.63, 3.8) is 0 Å². The van der Waals surface area contributed by atoms with Crippen LogP contribution in [0.3, 0.4) is 0 Å². The summed E-state index contributed by atoms with van der Waals surface area (Å²) in [5.41, 5.74) is 3.43. The highest BCUT2D eigenvalue weighted by molar-refractivity contribution is 5.85. The molecule has 1 unspecified atom stereocenters. The van der Waals surface area contributed by atoms with Crippen LogP contribution in [-0.4, -0.2) is 77.2 Å². The number of benzene rings is 2. The zero-order valence-electron chi connectivity index (χ0n) is 27.9. The maximum Gasteiger partial charge on any atom is 0.303 e. The van der Waals surface area contributed by atoms with Gasteiger partial charge in [-0.1, -0.05) is 19.3 Å². The number of aliphatic carboxylic acids is 2. The highest BCUT2D eigenvalue weighted by Gasteiger charge is 2.40. The molecule has 0 aromatic heterocycles. The van der Waals surface area contributed by atoms with Crippen molar-refractivity contribution in [1.82, 2.24) is 0 Å². The number of carbonyl (C=O) groups is 2. The van der Waals surface area contributed by atoms with Gasteiger partial charge in [0.2, 0.25) is 5.75 Å².